The summed E-state index contributed by atoms with van der Waals surface area (Å²) in [5, 5.41) is 2.78. The molecule has 0 spiro atoms. The van der Waals surface area contributed by atoms with Gasteiger partial charge in [0.1, 0.15) is 5.82 Å². The lowest BCUT2D eigenvalue weighted by atomic mass is 9.96. The molecule has 0 aromatic heterocycles. The summed E-state index contributed by atoms with van der Waals surface area (Å²) < 4.78 is 13.1. The Hall–Kier alpha value is -2.49. The minimum atomic E-state index is -0.339. The van der Waals surface area contributed by atoms with E-state index in [9.17, 15) is 14.0 Å². The number of hydrogen-bond donors (Lipinski definition) is 1. The highest BCUT2D eigenvalue weighted by molar-refractivity contribution is 5.99. The number of ketones is 1. The van der Waals surface area contributed by atoms with Crippen LogP contribution in [0.3, 0.4) is 0 Å². The van der Waals surface area contributed by atoms with Gasteiger partial charge < -0.3 is 5.32 Å². The molecule has 0 radical (unpaired) electrons. The maximum absolute atomic E-state index is 13.1. The molecule has 2 aromatic carbocycles. The zero-order valence-corrected chi connectivity index (χ0v) is 11.4. The van der Waals surface area contributed by atoms with Gasteiger partial charge in [0, 0.05) is 24.1 Å². The molecule has 4 heteroatoms. The largest absolute Gasteiger partial charge is 0.326 e. The molecule has 0 unspecified atom stereocenters. The summed E-state index contributed by atoms with van der Waals surface area (Å²) in [5.41, 5.74) is 2.99. The molecule has 0 saturated heterocycles. The van der Waals surface area contributed by atoms with Crippen LogP contribution in [0.15, 0.2) is 42.5 Å². The number of benzene rings is 2. The molecular formula is C17H14FNO2. The third-order valence-electron chi connectivity index (χ3n) is 3.58. The third-order valence-corrected chi connectivity index (χ3v) is 3.58. The van der Waals surface area contributed by atoms with E-state index in [0.717, 1.165) is 11.3 Å². The highest BCUT2D eigenvalue weighted by Gasteiger charge is 2.16. The zero-order chi connectivity index (χ0) is 14.8. The molecule has 0 bridgehead atoms. The van der Waals surface area contributed by atoms with Gasteiger partial charge in [0.25, 0.3) is 0 Å². The first-order valence-corrected chi connectivity index (χ1v) is 6.82. The van der Waals surface area contributed by atoms with Crippen LogP contribution >= 0.6 is 0 Å². The van der Waals surface area contributed by atoms with E-state index in [1.807, 2.05) is 6.07 Å². The zero-order valence-electron chi connectivity index (χ0n) is 11.4. The first kappa shape index (κ1) is 13.5. The molecule has 3 rings (SSSR count). The Labute approximate surface area is 121 Å². The fourth-order valence-corrected chi connectivity index (χ4v) is 2.49. The lowest BCUT2D eigenvalue weighted by molar-refractivity contribution is -0.116. The quantitative estimate of drug-likeness (QED) is 0.880. The number of aryl methyl sites for hydroxylation is 1. The minimum Gasteiger partial charge on any atom is -0.326 e. The van der Waals surface area contributed by atoms with Crippen LogP contribution in [-0.4, -0.2) is 11.7 Å². The van der Waals surface area contributed by atoms with E-state index in [2.05, 4.69) is 5.32 Å². The van der Waals surface area contributed by atoms with Gasteiger partial charge in [-0.05, 0) is 47.9 Å². The van der Waals surface area contributed by atoms with E-state index in [0.29, 0.717) is 24.0 Å². The molecule has 21 heavy (non-hydrogen) atoms. The van der Waals surface area contributed by atoms with Crippen molar-refractivity contribution < 1.29 is 14.0 Å². The lowest BCUT2D eigenvalue weighted by Crippen LogP contribution is -2.19. The van der Waals surface area contributed by atoms with Crippen molar-refractivity contribution in [3.8, 4) is 0 Å². The van der Waals surface area contributed by atoms with Gasteiger partial charge in [-0.1, -0.05) is 12.1 Å². The van der Waals surface area contributed by atoms with Gasteiger partial charge in [-0.3, -0.25) is 9.59 Å². The summed E-state index contributed by atoms with van der Waals surface area (Å²) in [6, 6.07) is 11.3. The van der Waals surface area contributed by atoms with Crippen molar-refractivity contribution in [2.75, 3.05) is 5.32 Å². The van der Waals surface area contributed by atoms with Crippen molar-refractivity contribution in [1.29, 1.82) is 0 Å². The number of Topliss-reactive ketones (excluding diaryl/α,β-unsaturated/α-hetero) is 1. The Balaban J connectivity index is 1.81. The molecule has 1 amide bonds. The predicted molar refractivity (Wildman–Crippen MR) is 77.8 cm³/mol. The van der Waals surface area contributed by atoms with Crippen LogP contribution in [-0.2, 0) is 17.6 Å². The summed E-state index contributed by atoms with van der Waals surface area (Å²) in [4.78, 5) is 23.6. The van der Waals surface area contributed by atoms with E-state index < -0.39 is 0 Å². The molecule has 1 aliphatic rings. The van der Waals surface area contributed by atoms with Crippen molar-refractivity contribution >= 4 is 17.4 Å². The molecule has 2 aromatic rings. The molecule has 0 saturated carbocycles. The minimum absolute atomic E-state index is 0.00124. The number of amides is 1. The molecule has 1 N–H and O–H groups in total. The molecule has 0 atom stereocenters. The van der Waals surface area contributed by atoms with Crippen molar-refractivity contribution in [2.24, 2.45) is 0 Å². The molecular weight excluding hydrogens is 269 g/mol. The number of rotatable bonds is 3. The molecule has 106 valence electrons. The Kier molecular flexibility index (Phi) is 3.52. The van der Waals surface area contributed by atoms with Crippen LogP contribution < -0.4 is 5.32 Å². The molecule has 0 aliphatic carbocycles. The number of fused-ring (bicyclic) bond motifs is 1. The second-order valence-corrected chi connectivity index (χ2v) is 5.15. The van der Waals surface area contributed by atoms with Crippen molar-refractivity contribution in [1.82, 2.24) is 0 Å². The van der Waals surface area contributed by atoms with E-state index >= 15 is 0 Å². The number of carbonyl (C=O) groups is 2. The average Bonchev–Trinajstić information content (AvgIpc) is 2.46. The fourth-order valence-electron chi connectivity index (χ4n) is 2.49. The Morgan fingerprint density at radius 3 is 2.81 bits per heavy atom. The van der Waals surface area contributed by atoms with Crippen molar-refractivity contribution in [3.05, 3.63) is 65.0 Å². The van der Waals surface area contributed by atoms with Gasteiger partial charge in [0.05, 0.1) is 0 Å². The normalized spacial score (nSPS) is 13.5. The smallest absolute Gasteiger partial charge is 0.224 e. The monoisotopic (exact) mass is 283 g/mol. The summed E-state index contributed by atoms with van der Waals surface area (Å²) >= 11 is 0. The first-order chi connectivity index (χ1) is 10.1. The molecule has 1 aliphatic heterocycles. The third kappa shape index (κ3) is 2.99. The SMILES string of the molecule is O=C1CCc2cc(C(=O)Cc3cccc(F)c3)ccc2N1. The van der Waals surface area contributed by atoms with Gasteiger partial charge in [-0.25, -0.2) is 4.39 Å². The Morgan fingerprint density at radius 1 is 1.14 bits per heavy atom. The van der Waals surface area contributed by atoms with Crippen LogP contribution in [0.1, 0.15) is 27.9 Å². The molecule has 1 heterocycles. The van der Waals surface area contributed by atoms with Gasteiger partial charge in [0.2, 0.25) is 5.91 Å². The van der Waals surface area contributed by atoms with Gasteiger partial charge >= 0.3 is 0 Å². The van der Waals surface area contributed by atoms with Crippen LogP contribution in [0.25, 0.3) is 0 Å². The summed E-state index contributed by atoms with van der Waals surface area (Å²) in [7, 11) is 0. The number of carbonyl (C=O) groups excluding carboxylic acids is 2. The Bertz CT molecular complexity index is 724. The van der Waals surface area contributed by atoms with Gasteiger partial charge in [0.15, 0.2) is 5.78 Å². The summed E-state index contributed by atoms with van der Waals surface area (Å²) in [5.74, 6) is -0.393. The van der Waals surface area contributed by atoms with E-state index in [1.165, 1.54) is 12.1 Å². The standard InChI is InChI=1S/C17H14FNO2/c18-14-3-1-2-11(8-14)9-16(20)13-4-6-15-12(10-13)5-7-17(21)19-15/h1-4,6,8,10H,5,7,9H2,(H,19,21). The molecule has 3 nitrogen and oxygen atoms in total. The Morgan fingerprint density at radius 2 is 2.00 bits per heavy atom. The van der Waals surface area contributed by atoms with E-state index in [1.54, 1.807) is 24.3 Å². The maximum Gasteiger partial charge on any atom is 0.224 e. The number of halogens is 1. The second kappa shape index (κ2) is 5.48. The predicted octanol–water partition coefficient (Wildman–Crippen LogP) is 3.14. The molecule has 0 fully saturated rings. The maximum atomic E-state index is 13.1. The number of nitrogens with one attached hydrogen (secondary N) is 1. The van der Waals surface area contributed by atoms with Crippen LogP contribution in [0.4, 0.5) is 10.1 Å². The summed E-state index contributed by atoms with van der Waals surface area (Å²) in [6.07, 6.45) is 1.25. The lowest BCUT2D eigenvalue weighted by Gasteiger charge is -2.17. The van der Waals surface area contributed by atoms with Crippen molar-refractivity contribution in [2.45, 2.75) is 19.3 Å². The first-order valence-electron chi connectivity index (χ1n) is 6.82. The topological polar surface area (TPSA) is 46.2 Å². The van der Waals surface area contributed by atoms with Crippen LogP contribution in [0, 0.1) is 5.82 Å². The highest BCUT2D eigenvalue weighted by Crippen LogP contribution is 2.24. The number of hydrogen-bond acceptors (Lipinski definition) is 2. The van der Waals surface area contributed by atoms with E-state index in [4.69, 9.17) is 0 Å². The van der Waals surface area contributed by atoms with Gasteiger partial charge in [-0.15, -0.1) is 0 Å². The van der Waals surface area contributed by atoms with Gasteiger partial charge in [-0.2, -0.15) is 0 Å². The van der Waals surface area contributed by atoms with Crippen LogP contribution in [0.2, 0.25) is 0 Å². The van der Waals surface area contributed by atoms with Crippen molar-refractivity contribution in [3.63, 3.8) is 0 Å². The highest BCUT2D eigenvalue weighted by atomic mass is 19.1. The van der Waals surface area contributed by atoms with Crippen LogP contribution in [0.5, 0.6) is 0 Å². The van der Waals surface area contributed by atoms with E-state index in [-0.39, 0.29) is 23.9 Å². The number of anilines is 1. The fraction of sp³-hybridized carbons (Fsp3) is 0.176. The second-order valence-electron chi connectivity index (χ2n) is 5.15. The average molecular weight is 283 g/mol. The summed E-state index contributed by atoms with van der Waals surface area (Å²) in [6.45, 7) is 0.